The van der Waals surface area contributed by atoms with Crippen molar-refractivity contribution < 1.29 is 19.1 Å². The summed E-state index contributed by atoms with van der Waals surface area (Å²) in [6, 6.07) is 10.3. The normalized spacial score (nSPS) is 10.2. The van der Waals surface area contributed by atoms with Gasteiger partial charge in [-0.05, 0) is 36.2 Å². The van der Waals surface area contributed by atoms with Gasteiger partial charge in [0.1, 0.15) is 18.4 Å². The number of halogens is 1. The van der Waals surface area contributed by atoms with Crippen LogP contribution in [0.5, 0.6) is 0 Å². The molecule has 6 heteroatoms. The Balaban J connectivity index is 1.77. The molecule has 0 N–H and O–H groups in total. The van der Waals surface area contributed by atoms with Crippen molar-refractivity contribution >= 4 is 23.5 Å². The molecule has 120 valence electrons. The van der Waals surface area contributed by atoms with E-state index >= 15 is 0 Å². The first-order chi connectivity index (χ1) is 11.1. The van der Waals surface area contributed by atoms with Crippen molar-refractivity contribution in [1.29, 1.82) is 0 Å². The van der Waals surface area contributed by atoms with Crippen molar-refractivity contribution in [3.05, 3.63) is 64.4 Å². The predicted molar refractivity (Wildman–Crippen MR) is 85.6 cm³/mol. The number of rotatable bonds is 6. The second kappa shape index (κ2) is 8.29. The highest BCUT2D eigenvalue weighted by atomic mass is 35.5. The topological polar surface area (TPSA) is 65.5 Å². The Kier molecular flexibility index (Phi) is 6.11. The Bertz CT molecular complexity index is 685. The molecule has 0 fully saturated rings. The lowest BCUT2D eigenvalue weighted by Crippen LogP contribution is -2.14. The fourth-order valence-electron chi connectivity index (χ4n) is 1.84. The van der Waals surface area contributed by atoms with E-state index in [0.717, 1.165) is 12.0 Å². The number of aromatic nitrogens is 1. The maximum absolute atomic E-state index is 11.8. The zero-order chi connectivity index (χ0) is 16.7. The molecule has 1 aromatic heterocycles. The van der Waals surface area contributed by atoms with Crippen LogP contribution in [0, 0.1) is 0 Å². The zero-order valence-corrected chi connectivity index (χ0v) is 13.4. The second-order valence-corrected chi connectivity index (χ2v) is 5.02. The number of ether oxygens (including phenoxy) is 2. The molecular weight excluding hydrogens is 318 g/mol. The van der Waals surface area contributed by atoms with Gasteiger partial charge in [-0.1, -0.05) is 30.7 Å². The minimum absolute atomic E-state index is 0.0298. The summed E-state index contributed by atoms with van der Waals surface area (Å²) in [4.78, 5) is 27.4. The van der Waals surface area contributed by atoms with Crippen LogP contribution in [-0.4, -0.2) is 30.1 Å². The first kappa shape index (κ1) is 17.0. The van der Waals surface area contributed by atoms with Crippen LogP contribution >= 0.6 is 11.6 Å². The Labute approximate surface area is 139 Å². The monoisotopic (exact) mass is 333 g/mol. The largest absolute Gasteiger partial charge is 0.458 e. The highest BCUT2D eigenvalue weighted by Gasteiger charge is 2.12. The second-order valence-electron chi connectivity index (χ2n) is 4.66. The molecule has 0 amide bonds. The van der Waals surface area contributed by atoms with Crippen molar-refractivity contribution in [3.63, 3.8) is 0 Å². The molecular formula is C17H16ClNO4. The molecule has 0 spiro atoms. The molecule has 2 rings (SSSR count). The van der Waals surface area contributed by atoms with Gasteiger partial charge in [0.15, 0.2) is 0 Å². The molecule has 0 radical (unpaired) electrons. The number of aryl methyl sites for hydroxylation is 1. The third-order valence-electron chi connectivity index (χ3n) is 3.13. The highest BCUT2D eigenvalue weighted by Crippen LogP contribution is 2.12. The third-order valence-corrected chi connectivity index (χ3v) is 3.43. The van der Waals surface area contributed by atoms with Crippen LogP contribution < -0.4 is 0 Å². The van der Waals surface area contributed by atoms with Gasteiger partial charge in [-0.2, -0.15) is 0 Å². The van der Waals surface area contributed by atoms with E-state index in [2.05, 4.69) is 4.98 Å². The SMILES string of the molecule is CCc1ccc(C(=O)OCCOC(=O)c2cccnc2Cl)cc1. The van der Waals surface area contributed by atoms with Crippen LogP contribution in [0.1, 0.15) is 33.2 Å². The van der Waals surface area contributed by atoms with Crippen molar-refractivity contribution in [2.24, 2.45) is 0 Å². The van der Waals surface area contributed by atoms with Crippen LogP contribution in [0.2, 0.25) is 5.15 Å². The number of carbonyl (C=O) groups is 2. The summed E-state index contributed by atoms with van der Waals surface area (Å²) in [6.07, 6.45) is 2.38. The first-order valence-corrected chi connectivity index (χ1v) is 7.53. The van der Waals surface area contributed by atoms with Gasteiger partial charge in [0, 0.05) is 6.20 Å². The lowest BCUT2D eigenvalue weighted by atomic mass is 10.1. The molecule has 1 heterocycles. The number of hydrogen-bond acceptors (Lipinski definition) is 5. The maximum atomic E-state index is 11.8. The molecule has 0 saturated carbocycles. The highest BCUT2D eigenvalue weighted by molar-refractivity contribution is 6.32. The number of pyridine rings is 1. The molecule has 0 bridgehead atoms. The van der Waals surface area contributed by atoms with Crippen LogP contribution in [0.4, 0.5) is 0 Å². The van der Waals surface area contributed by atoms with E-state index in [1.54, 1.807) is 18.2 Å². The van der Waals surface area contributed by atoms with E-state index < -0.39 is 11.9 Å². The van der Waals surface area contributed by atoms with E-state index in [4.69, 9.17) is 21.1 Å². The number of nitrogens with zero attached hydrogens (tertiary/aromatic N) is 1. The molecule has 0 aliphatic carbocycles. The summed E-state index contributed by atoms with van der Waals surface area (Å²) < 4.78 is 10.0. The van der Waals surface area contributed by atoms with Gasteiger partial charge in [0.05, 0.1) is 11.1 Å². The summed E-state index contributed by atoms with van der Waals surface area (Å²) in [5.41, 5.74) is 1.78. The van der Waals surface area contributed by atoms with E-state index in [0.29, 0.717) is 5.56 Å². The van der Waals surface area contributed by atoms with E-state index in [-0.39, 0.29) is 23.9 Å². The maximum Gasteiger partial charge on any atom is 0.341 e. The molecule has 0 aliphatic heterocycles. The molecule has 0 unspecified atom stereocenters. The third kappa shape index (κ3) is 4.79. The van der Waals surface area contributed by atoms with Gasteiger partial charge in [-0.15, -0.1) is 0 Å². The van der Waals surface area contributed by atoms with Crippen molar-refractivity contribution in [3.8, 4) is 0 Å². The lowest BCUT2D eigenvalue weighted by Gasteiger charge is -2.07. The summed E-state index contributed by atoms with van der Waals surface area (Å²) in [5, 5.41) is 0.0745. The number of carbonyl (C=O) groups excluding carboxylic acids is 2. The fourth-order valence-corrected chi connectivity index (χ4v) is 2.04. The fraction of sp³-hybridized carbons (Fsp3) is 0.235. The summed E-state index contributed by atoms with van der Waals surface area (Å²) in [7, 11) is 0. The molecule has 0 saturated heterocycles. The average Bonchev–Trinajstić information content (AvgIpc) is 2.58. The van der Waals surface area contributed by atoms with E-state index in [1.165, 1.54) is 12.3 Å². The Morgan fingerprint density at radius 1 is 1.04 bits per heavy atom. The van der Waals surface area contributed by atoms with Gasteiger partial charge >= 0.3 is 11.9 Å². The molecule has 2 aromatic rings. The van der Waals surface area contributed by atoms with Gasteiger partial charge in [0.2, 0.25) is 0 Å². The van der Waals surface area contributed by atoms with Crippen LogP contribution in [-0.2, 0) is 15.9 Å². The van der Waals surface area contributed by atoms with E-state index in [1.807, 2.05) is 19.1 Å². The van der Waals surface area contributed by atoms with Gasteiger partial charge in [-0.3, -0.25) is 0 Å². The standard InChI is InChI=1S/C17H16ClNO4/c1-2-12-5-7-13(8-6-12)16(20)22-10-11-23-17(21)14-4-3-9-19-15(14)18/h3-9H,2,10-11H2,1H3. The number of esters is 2. The van der Waals surface area contributed by atoms with Gasteiger partial charge in [-0.25, -0.2) is 14.6 Å². The van der Waals surface area contributed by atoms with Crippen LogP contribution in [0.3, 0.4) is 0 Å². The minimum atomic E-state index is -0.605. The summed E-state index contributed by atoms with van der Waals surface area (Å²) in [5.74, 6) is -1.06. The lowest BCUT2D eigenvalue weighted by molar-refractivity contribution is 0.0265. The Morgan fingerprint density at radius 2 is 1.70 bits per heavy atom. The molecule has 23 heavy (non-hydrogen) atoms. The Morgan fingerprint density at radius 3 is 2.30 bits per heavy atom. The number of benzene rings is 1. The van der Waals surface area contributed by atoms with Gasteiger partial charge < -0.3 is 9.47 Å². The molecule has 0 atom stereocenters. The quantitative estimate of drug-likeness (QED) is 0.461. The van der Waals surface area contributed by atoms with Crippen molar-refractivity contribution in [1.82, 2.24) is 4.98 Å². The Hall–Kier alpha value is -2.40. The predicted octanol–water partition coefficient (Wildman–Crippen LogP) is 3.31. The molecule has 1 aromatic carbocycles. The van der Waals surface area contributed by atoms with Crippen molar-refractivity contribution in [2.75, 3.05) is 13.2 Å². The molecule has 5 nitrogen and oxygen atoms in total. The van der Waals surface area contributed by atoms with Crippen LogP contribution in [0.15, 0.2) is 42.6 Å². The smallest absolute Gasteiger partial charge is 0.341 e. The zero-order valence-electron chi connectivity index (χ0n) is 12.6. The average molecular weight is 334 g/mol. The van der Waals surface area contributed by atoms with Gasteiger partial charge in [0.25, 0.3) is 0 Å². The van der Waals surface area contributed by atoms with E-state index in [9.17, 15) is 9.59 Å². The number of hydrogen-bond donors (Lipinski definition) is 0. The summed E-state index contributed by atoms with van der Waals surface area (Å²) in [6.45, 7) is 1.96. The molecule has 0 aliphatic rings. The van der Waals surface area contributed by atoms with Crippen molar-refractivity contribution in [2.45, 2.75) is 13.3 Å². The minimum Gasteiger partial charge on any atom is -0.458 e. The van der Waals surface area contributed by atoms with Crippen LogP contribution in [0.25, 0.3) is 0 Å². The summed E-state index contributed by atoms with van der Waals surface area (Å²) >= 11 is 5.79. The first-order valence-electron chi connectivity index (χ1n) is 7.15.